The smallest absolute Gasteiger partial charge is 0.0622 e. The molecule has 1 atom stereocenters. The van der Waals surface area contributed by atoms with Crippen molar-refractivity contribution < 1.29 is 4.74 Å². The number of nitrogens with one attached hydrogen (secondary N) is 1. The van der Waals surface area contributed by atoms with Crippen LogP contribution in [0.3, 0.4) is 0 Å². The molecule has 0 aliphatic carbocycles. The van der Waals surface area contributed by atoms with Crippen molar-refractivity contribution in [1.82, 2.24) is 10.2 Å². The summed E-state index contributed by atoms with van der Waals surface area (Å²) in [5.41, 5.74) is 2.77. The predicted molar refractivity (Wildman–Crippen MR) is 88.3 cm³/mol. The van der Waals surface area contributed by atoms with Crippen LogP contribution in [0.5, 0.6) is 0 Å². The molecule has 0 bridgehead atoms. The van der Waals surface area contributed by atoms with Crippen LogP contribution >= 0.6 is 0 Å². The topological polar surface area (TPSA) is 24.5 Å². The largest absolute Gasteiger partial charge is 0.378 e. The van der Waals surface area contributed by atoms with Crippen LogP contribution in [-0.4, -0.2) is 37.2 Å². The van der Waals surface area contributed by atoms with Crippen molar-refractivity contribution >= 4 is 0 Å². The molecule has 1 aliphatic rings. The van der Waals surface area contributed by atoms with Gasteiger partial charge in [-0.15, -0.1) is 0 Å². The highest BCUT2D eigenvalue weighted by Crippen LogP contribution is 2.15. The molecule has 21 heavy (non-hydrogen) atoms. The summed E-state index contributed by atoms with van der Waals surface area (Å²) in [5, 5.41) is 3.49. The van der Waals surface area contributed by atoms with Gasteiger partial charge in [-0.1, -0.05) is 45.0 Å². The van der Waals surface area contributed by atoms with Crippen LogP contribution in [0, 0.1) is 5.92 Å². The quantitative estimate of drug-likeness (QED) is 0.835. The Morgan fingerprint density at radius 1 is 1.24 bits per heavy atom. The maximum absolute atomic E-state index is 5.57. The highest BCUT2D eigenvalue weighted by molar-refractivity contribution is 5.22. The van der Waals surface area contributed by atoms with Gasteiger partial charge in [-0.3, -0.25) is 4.90 Å². The summed E-state index contributed by atoms with van der Waals surface area (Å²) in [7, 11) is 0. The summed E-state index contributed by atoms with van der Waals surface area (Å²) in [4.78, 5) is 2.55. The van der Waals surface area contributed by atoms with Crippen LogP contribution in [0.1, 0.15) is 38.3 Å². The molecular weight excluding hydrogens is 260 g/mol. The summed E-state index contributed by atoms with van der Waals surface area (Å²) in [6.45, 7) is 12.6. The molecule has 1 aliphatic heterocycles. The second kappa shape index (κ2) is 8.52. The van der Waals surface area contributed by atoms with Gasteiger partial charge >= 0.3 is 0 Å². The van der Waals surface area contributed by atoms with Crippen LogP contribution < -0.4 is 5.32 Å². The highest BCUT2D eigenvalue weighted by atomic mass is 16.5. The maximum Gasteiger partial charge on any atom is 0.0622 e. The Morgan fingerprint density at radius 2 is 1.95 bits per heavy atom. The Bertz CT molecular complexity index is 402. The molecule has 1 unspecified atom stereocenters. The zero-order chi connectivity index (χ0) is 15.1. The lowest BCUT2D eigenvalue weighted by Gasteiger charge is -2.35. The molecule has 1 aromatic carbocycles. The SMILES string of the molecule is CCC1COCCN1Cc1ccc(CNCC(C)C)cc1. The molecule has 2 rings (SSSR count). The number of hydrogen-bond donors (Lipinski definition) is 1. The van der Waals surface area contributed by atoms with Gasteiger partial charge in [0.15, 0.2) is 0 Å². The lowest BCUT2D eigenvalue weighted by Crippen LogP contribution is -2.44. The Balaban J connectivity index is 1.83. The van der Waals surface area contributed by atoms with E-state index in [0.717, 1.165) is 45.8 Å². The summed E-state index contributed by atoms with van der Waals surface area (Å²) in [5.74, 6) is 0.705. The minimum atomic E-state index is 0.575. The zero-order valence-electron chi connectivity index (χ0n) is 13.8. The molecule has 0 radical (unpaired) electrons. The van der Waals surface area contributed by atoms with E-state index in [1.165, 1.54) is 11.1 Å². The van der Waals surface area contributed by atoms with E-state index in [2.05, 4.69) is 55.3 Å². The Morgan fingerprint density at radius 3 is 2.62 bits per heavy atom. The van der Waals surface area contributed by atoms with E-state index in [-0.39, 0.29) is 0 Å². The van der Waals surface area contributed by atoms with E-state index in [4.69, 9.17) is 4.74 Å². The standard InChI is InChI=1S/C18H30N2O/c1-4-18-14-21-10-9-20(18)13-17-7-5-16(6-8-17)12-19-11-15(2)3/h5-8,15,18-19H,4,9-14H2,1-3H3. The molecule has 1 heterocycles. The lowest BCUT2D eigenvalue weighted by molar-refractivity contribution is -0.0127. The molecule has 3 heteroatoms. The summed E-state index contributed by atoms with van der Waals surface area (Å²) in [6.07, 6.45) is 1.16. The van der Waals surface area contributed by atoms with Gasteiger partial charge in [0.25, 0.3) is 0 Å². The molecule has 3 nitrogen and oxygen atoms in total. The van der Waals surface area contributed by atoms with Crippen molar-refractivity contribution in [3.05, 3.63) is 35.4 Å². The molecule has 1 N–H and O–H groups in total. The fourth-order valence-corrected chi connectivity index (χ4v) is 2.78. The normalized spacial score (nSPS) is 20.1. The Kier molecular flexibility index (Phi) is 6.68. The first-order valence-electron chi connectivity index (χ1n) is 8.29. The third-order valence-corrected chi connectivity index (χ3v) is 4.11. The molecule has 1 aromatic rings. The Hall–Kier alpha value is -0.900. The van der Waals surface area contributed by atoms with Crippen molar-refractivity contribution in [3.63, 3.8) is 0 Å². The molecule has 1 fully saturated rings. The minimum Gasteiger partial charge on any atom is -0.378 e. The number of rotatable bonds is 7. The summed E-state index contributed by atoms with van der Waals surface area (Å²) >= 11 is 0. The molecule has 0 aromatic heterocycles. The van der Waals surface area contributed by atoms with Gasteiger partial charge < -0.3 is 10.1 Å². The third kappa shape index (κ3) is 5.42. The fourth-order valence-electron chi connectivity index (χ4n) is 2.78. The average Bonchev–Trinajstić information content (AvgIpc) is 2.49. The van der Waals surface area contributed by atoms with Crippen molar-refractivity contribution in [2.24, 2.45) is 5.92 Å². The lowest BCUT2D eigenvalue weighted by atomic mass is 10.1. The number of hydrogen-bond acceptors (Lipinski definition) is 3. The van der Waals surface area contributed by atoms with E-state index in [1.54, 1.807) is 0 Å². The van der Waals surface area contributed by atoms with E-state index >= 15 is 0 Å². The van der Waals surface area contributed by atoms with E-state index in [1.807, 2.05) is 0 Å². The van der Waals surface area contributed by atoms with Gasteiger partial charge in [0.1, 0.15) is 0 Å². The Labute approximate surface area is 129 Å². The van der Waals surface area contributed by atoms with Crippen LogP contribution in [-0.2, 0) is 17.8 Å². The van der Waals surface area contributed by atoms with Crippen LogP contribution in [0.4, 0.5) is 0 Å². The van der Waals surface area contributed by atoms with Crippen LogP contribution in [0.15, 0.2) is 24.3 Å². The predicted octanol–water partition coefficient (Wildman–Crippen LogP) is 3.04. The van der Waals surface area contributed by atoms with Crippen LogP contribution in [0.25, 0.3) is 0 Å². The van der Waals surface area contributed by atoms with Gasteiger partial charge in [-0.2, -0.15) is 0 Å². The van der Waals surface area contributed by atoms with Gasteiger partial charge in [-0.25, -0.2) is 0 Å². The minimum absolute atomic E-state index is 0.575. The van der Waals surface area contributed by atoms with E-state index < -0.39 is 0 Å². The molecule has 0 amide bonds. The number of benzene rings is 1. The average molecular weight is 290 g/mol. The first-order chi connectivity index (χ1) is 10.2. The summed E-state index contributed by atoms with van der Waals surface area (Å²) < 4.78 is 5.57. The van der Waals surface area contributed by atoms with Crippen molar-refractivity contribution in [2.75, 3.05) is 26.3 Å². The van der Waals surface area contributed by atoms with Crippen molar-refractivity contribution in [1.29, 1.82) is 0 Å². The molecule has 1 saturated heterocycles. The monoisotopic (exact) mass is 290 g/mol. The first kappa shape index (κ1) is 16.5. The number of nitrogens with zero attached hydrogens (tertiary/aromatic N) is 1. The second-order valence-corrected chi connectivity index (χ2v) is 6.45. The van der Waals surface area contributed by atoms with Gasteiger partial charge in [0, 0.05) is 25.7 Å². The fraction of sp³-hybridized carbons (Fsp3) is 0.667. The molecule has 0 saturated carbocycles. The second-order valence-electron chi connectivity index (χ2n) is 6.45. The summed E-state index contributed by atoms with van der Waals surface area (Å²) in [6, 6.07) is 9.63. The van der Waals surface area contributed by atoms with Crippen molar-refractivity contribution in [3.8, 4) is 0 Å². The molecule has 118 valence electrons. The number of morpholine rings is 1. The molecular formula is C18H30N2O. The van der Waals surface area contributed by atoms with Crippen LogP contribution in [0.2, 0.25) is 0 Å². The van der Waals surface area contributed by atoms with Gasteiger partial charge in [0.2, 0.25) is 0 Å². The van der Waals surface area contributed by atoms with Crippen molar-refractivity contribution in [2.45, 2.75) is 46.3 Å². The van der Waals surface area contributed by atoms with E-state index in [9.17, 15) is 0 Å². The molecule has 0 spiro atoms. The number of ether oxygens (including phenoxy) is 1. The van der Waals surface area contributed by atoms with E-state index in [0.29, 0.717) is 12.0 Å². The zero-order valence-corrected chi connectivity index (χ0v) is 13.8. The van der Waals surface area contributed by atoms with Gasteiger partial charge in [-0.05, 0) is 30.0 Å². The first-order valence-corrected chi connectivity index (χ1v) is 8.29. The third-order valence-electron chi connectivity index (χ3n) is 4.11. The maximum atomic E-state index is 5.57. The highest BCUT2D eigenvalue weighted by Gasteiger charge is 2.21. The van der Waals surface area contributed by atoms with Gasteiger partial charge in [0.05, 0.1) is 13.2 Å².